The molecule has 1 unspecified atom stereocenters. The molecule has 1 aliphatic rings. The highest BCUT2D eigenvalue weighted by Gasteiger charge is 2.35. The number of rotatable bonds is 1. The molecule has 3 nitrogen and oxygen atoms in total. The summed E-state index contributed by atoms with van der Waals surface area (Å²) in [6.45, 7) is 5.36. The van der Waals surface area contributed by atoms with Gasteiger partial charge in [0.05, 0.1) is 16.2 Å². The molecule has 0 saturated heterocycles. The number of hydrogen-bond acceptors (Lipinski definition) is 2. The minimum atomic E-state index is -0.682. The molecule has 0 N–H and O–H groups in total. The standard InChI is InChI=1S/C20H20BrF2NO2/c1-20(2,3)26-19(25)24-17(12-5-4-6-14(22)9-12)8-7-13-10-16(23)15(21)11-18(13)24/h4-6,9-11,17H,7-8H2,1-3H3. The number of carbonyl (C=O) groups is 1. The Bertz CT molecular complexity index is 848. The Kier molecular flexibility index (Phi) is 5.06. The first-order valence-corrected chi connectivity index (χ1v) is 9.20. The van der Waals surface area contributed by atoms with Crippen molar-refractivity contribution in [2.45, 2.75) is 45.3 Å². The summed E-state index contributed by atoms with van der Waals surface area (Å²) < 4.78 is 33.5. The summed E-state index contributed by atoms with van der Waals surface area (Å²) in [5.41, 5.74) is 1.30. The van der Waals surface area contributed by atoms with E-state index in [1.165, 1.54) is 23.1 Å². The van der Waals surface area contributed by atoms with Crippen LogP contribution in [0.2, 0.25) is 0 Å². The van der Waals surface area contributed by atoms with Gasteiger partial charge in [0.25, 0.3) is 0 Å². The summed E-state index contributed by atoms with van der Waals surface area (Å²) in [6.07, 6.45) is 0.600. The fraction of sp³-hybridized carbons (Fsp3) is 0.350. The third kappa shape index (κ3) is 3.90. The average Bonchev–Trinajstić information content (AvgIpc) is 2.53. The molecule has 0 spiro atoms. The lowest BCUT2D eigenvalue weighted by Crippen LogP contribution is -2.42. The smallest absolute Gasteiger partial charge is 0.415 e. The maximum Gasteiger partial charge on any atom is 0.415 e. The van der Waals surface area contributed by atoms with Crippen LogP contribution < -0.4 is 4.90 Å². The van der Waals surface area contributed by atoms with Crippen LogP contribution in [-0.2, 0) is 11.2 Å². The molecule has 26 heavy (non-hydrogen) atoms. The normalized spacial score (nSPS) is 17.0. The molecule has 1 heterocycles. The highest BCUT2D eigenvalue weighted by atomic mass is 79.9. The van der Waals surface area contributed by atoms with Crippen LogP contribution in [0, 0.1) is 11.6 Å². The van der Waals surface area contributed by atoms with E-state index in [2.05, 4.69) is 15.9 Å². The molecule has 1 amide bonds. The van der Waals surface area contributed by atoms with E-state index in [1.807, 2.05) is 0 Å². The van der Waals surface area contributed by atoms with Crippen molar-refractivity contribution < 1.29 is 18.3 Å². The molecule has 0 saturated carbocycles. The number of benzene rings is 2. The molecule has 0 fully saturated rings. The number of aryl methyl sites for hydroxylation is 1. The first-order valence-electron chi connectivity index (χ1n) is 8.41. The van der Waals surface area contributed by atoms with E-state index in [4.69, 9.17) is 4.74 Å². The molecular weight excluding hydrogens is 404 g/mol. The molecule has 3 rings (SSSR count). The van der Waals surface area contributed by atoms with Gasteiger partial charge >= 0.3 is 6.09 Å². The van der Waals surface area contributed by atoms with Gasteiger partial charge in [-0.05, 0) is 84.9 Å². The van der Waals surface area contributed by atoms with Crippen molar-refractivity contribution in [2.75, 3.05) is 4.90 Å². The molecule has 0 radical (unpaired) electrons. The van der Waals surface area contributed by atoms with Crippen LogP contribution >= 0.6 is 15.9 Å². The Labute approximate surface area is 160 Å². The van der Waals surface area contributed by atoms with Gasteiger partial charge in [0.1, 0.15) is 17.2 Å². The van der Waals surface area contributed by atoms with E-state index in [-0.39, 0.29) is 22.1 Å². The second kappa shape index (κ2) is 6.99. The van der Waals surface area contributed by atoms with Gasteiger partial charge in [-0.3, -0.25) is 4.90 Å². The van der Waals surface area contributed by atoms with Crippen LogP contribution in [0.3, 0.4) is 0 Å². The average molecular weight is 424 g/mol. The van der Waals surface area contributed by atoms with Crippen LogP contribution in [0.5, 0.6) is 0 Å². The highest BCUT2D eigenvalue weighted by molar-refractivity contribution is 9.10. The van der Waals surface area contributed by atoms with Crippen molar-refractivity contribution in [3.05, 3.63) is 63.6 Å². The molecule has 6 heteroatoms. The van der Waals surface area contributed by atoms with Gasteiger partial charge in [0.2, 0.25) is 0 Å². The zero-order valence-electron chi connectivity index (χ0n) is 14.9. The van der Waals surface area contributed by atoms with E-state index in [0.717, 1.165) is 5.56 Å². The summed E-state index contributed by atoms with van der Waals surface area (Å²) in [4.78, 5) is 14.4. The van der Waals surface area contributed by atoms with E-state index in [1.54, 1.807) is 39.0 Å². The molecule has 138 valence electrons. The molecular formula is C20H20BrF2NO2. The Hall–Kier alpha value is -1.95. The van der Waals surface area contributed by atoms with E-state index >= 15 is 0 Å². The van der Waals surface area contributed by atoms with Crippen LogP contribution in [0.4, 0.5) is 19.3 Å². The summed E-state index contributed by atoms with van der Waals surface area (Å²) >= 11 is 3.19. The number of halogens is 3. The zero-order valence-corrected chi connectivity index (χ0v) is 16.4. The van der Waals surface area contributed by atoms with Crippen molar-refractivity contribution in [2.24, 2.45) is 0 Å². The number of nitrogens with zero attached hydrogens (tertiary/aromatic N) is 1. The predicted molar refractivity (Wildman–Crippen MR) is 100 cm³/mol. The van der Waals surface area contributed by atoms with Gasteiger partial charge in [-0.25, -0.2) is 13.6 Å². The van der Waals surface area contributed by atoms with Gasteiger partial charge in [-0.2, -0.15) is 0 Å². The van der Waals surface area contributed by atoms with Gasteiger partial charge < -0.3 is 4.74 Å². The van der Waals surface area contributed by atoms with Crippen molar-refractivity contribution in [3.63, 3.8) is 0 Å². The van der Waals surface area contributed by atoms with Crippen molar-refractivity contribution in [3.8, 4) is 0 Å². The molecule has 0 aliphatic carbocycles. The second-order valence-electron chi connectivity index (χ2n) is 7.35. The SMILES string of the molecule is CC(C)(C)OC(=O)N1c2cc(Br)c(F)cc2CCC1c1cccc(F)c1. The summed E-state index contributed by atoms with van der Waals surface area (Å²) in [5.74, 6) is -0.741. The molecule has 2 aromatic carbocycles. The van der Waals surface area contributed by atoms with Gasteiger partial charge in [-0.1, -0.05) is 12.1 Å². The van der Waals surface area contributed by atoms with Crippen molar-refractivity contribution in [1.29, 1.82) is 0 Å². The zero-order chi connectivity index (χ0) is 19.1. The number of fused-ring (bicyclic) bond motifs is 1. The molecule has 2 aromatic rings. The number of amides is 1. The molecule has 1 atom stereocenters. The lowest BCUT2D eigenvalue weighted by atomic mass is 9.91. The van der Waals surface area contributed by atoms with Crippen LogP contribution in [0.15, 0.2) is 40.9 Å². The van der Waals surface area contributed by atoms with E-state index in [0.29, 0.717) is 24.1 Å². The van der Waals surface area contributed by atoms with Crippen LogP contribution in [0.1, 0.15) is 44.4 Å². The maximum atomic E-state index is 13.9. The lowest BCUT2D eigenvalue weighted by molar-refractivity contribution is 0.0559. The monoisotopic (exact) mass is 423 g/mol. The molecule has 0 bridgehead atoms. The van der Waals surface area contributed by atoms with E-state index < -0.39 is 11.7 Å². The van der Waals surface area contributed by atoms with Gasteiger partial charge in [0.15, 0.2) is 0 Å². The fourth-order valence-electron chi connectivity index (χ4n) is 3.16. The number of anilines is 1. The highest BCUT2D eigenvalue weighted by Crippen LogP contribution is 2.41. The summed E-state index contributed by atoms with van der Waals surface area (Å²) in [6, 6.07) is 8.82. The third-order valence-corrected chi connectivity index (χ3v) is 4.81. The Morgan fingerprint density at radius 3 is 2.62 bits per heavy atom. The van der Waals surface area contributed by atoms with Crippen molar-refractivity contribution >= 4 is 27.7 Å². The summed E-state index contributed by atoms with van der Waals surface area (Å²) in [5, 5.41) is 0. The Morgan fingerprint density at radius 1 is 1.23 bits per heavy atom. The Balaban J connectivity index is 2.09. The largest absolute Gasteiger partial charge is 0.443 e. The third-order valence-electron chi connectivity index (χ3n) is 4.20. The quantitative estimate of drug-likeness (QED) is 0.549. The molecule has 0 aromatic heterocycles. The minimum absolute atomic E-state index is 0.268. The van der Waals surface area contributed by atoms with Crippen LogP contribution in [0.25, 0.3) is 0 Å². The second-order valence-corrected chi connectivity index (χ2v) is 8.21. The van der Waals surface area contributed by atoms with Crippen molar-refractivity contribution in [1.82, 2.24) is 0 Å². The van der Waals surface area contributed by atoms with Crippen LogP contribution in [-0.4, -0.2) is 11.7 Å². The minimum Gasteiger partial charge on any atom is -0.443 e. The number of hydrogen-bond donors (Lipinski definition) is 0. The van der Waals surface area contributed by atoms with E-state index in [9.17, 15) is 13.6 Å². The number of carbonyl (C=O) groups excluding carboxylic acids is 1. The Morgan fingerprint density at radius 2 is 1.96 bits per heavy atom. The fourth-order valence-corrected chi connectivity index (χ4v) is 3.49. The topological polar surface area (TPSA) is 29.5 Å². The van der Waals surface area contributed by atoms with Gasteiger partial charge in [-0.15, -0.1) is 0 Å². The summed E-state index contributed by atoms with van der Waals surface area (Å²) in [7, 11) is 0. The van der Waals surface area contributed by atoms with Gasteiger partial charge in [0, 0.05) is 0 Å². The first-order chi connectivity index (χ1) is 12.2. The predicted octanol–water partition coefficient (Wildman–Crippen LogP) is 6.16. The maximum absolute atomic E-state index is 13.9. The first kappa shape index (κ1) is 18.8. The number of ether oxygens (including phenoxy) is 1. The molecule has 1 aliphatic heterocycles. The lowest BCUT2D eigenvalue weighted by Gasteiger charge is -2.38.